The Morgan fingerprint density at radius 3 is 2.32 bits per heavy atom. The molecule has 0 aliphatic heterocycles. The lowest BCUT2D eigenvalue weighted by Gasteiger charge is -2.12. The van der Waals surface area contributed by atoms with Gasteiger partial charge >= 0.3 is 0 Å². The molecule has 3 rings (SSSR count). The van der Waals surface area contributed by atoms with Crippen molar-refractivity contribution in [2.45, 2.75) is 26.7 Å². The Morgan fingerprint density at radius 1 is 0.774 bits per heavy atom. The van der Waals surface area contributed by atoms with Crippen LogP contribution in [0.4, 0.5) is 0 Å². The highest BCUT2D eigenvalue weighted by Gasteiger charge is 2.12. The molecule has 5 nitrogen and oxygen atoms in total. The van der Waals surface area contributed by atoms with Crippen molar-refractivity contribution in [2.75, 3.05) is 19.8 Å². The van der Waals surface area contributed by atoms with Gasteiger partial charge < -0.3 is 19.5 Å². The van der Waals surface area contributed by atoms with Crippen LogP contribution in [0.3, 0.4) is 0 Å². The van der Waals surface area contributed by atoms with Crippen LogP contribution in [0.5, 0.6) is 5.75 Å². The standard InChI is InChI=1S/C26H29NO4/c1-2-29-15-16-31-25-14-7-6-13-24(25)26(28)27-18-22-11-8-12-23(17-22)20-30-19-21-9-4-3-5-10-21/h3-14,17H,2,15-16,18-20H2,1H3,(H,27,28). The number of carbonyl (C=O) groups is 1. The number of para-hydroxylation sites is 1. The van der Waals surface area contributed by atoms with Crippen LogP contribution in [0.15, 0.2) is 78.9 Å². The molecule has 1 amide bonds. The quantitative estimate of drug-likeness (QED) is 0.431. The van der Waals surface area contributed by atoms with Crippen molar-refractivity contribution < 1.29 is 19.0 Å². The average Bonchev–Trinajstić information content (AvgIpc) is 2.81. The van der Waals surface area contributed by atoms with Gasteiger partial charge in [-0.2, -0.15) is 0 Å². The molecule has 0 bridgehead atoms. The fraction of sp³-hybridized carbons (Fsp3) is 0.269. The van der Waals surface area contributed by atoms with Gasteiger partial charge in [-0.15, -0.1) is 0 Å². The normalized spacial score (nSPS) is 10.6. The summed E-state index contributed by atoms with van der Waals surface area (Å²) in [5.74, 6) is 0.389. The molecule has 3 aromatic carbocycles. The Hall–Kier alpha value is -3.15. The molecule has 0 saturated carbocycles. The molecule has 0 aromatic heterocycles. The van der Waals surface area contributed by atoms with E-state index in [1.54, 1.807) is 12.1 Å². The van der Waals surface area contributed by atoms with Crippen LogP contribution in [0, 0.1) is 0 Å². The molecule has 3 aromatic rings. The van der Waals surface area contributed by atoms with Gasteiger partial charge in [-0.1, -0.05) is 66.7 Å². The summed E-state index contributed by atoms with van der Waals surface area (Å²) < 4.78 is 16.8. The van der Waals surface area contributed by atoms with Crippen LogP contribution in [-0.4, -0.2) is 25.7 Å². The number of amides is 1. The van der Waals surface area contributed by atoms with Crippen LogP contribution < -0.4 is 10.1 Å². The van der Waals surface area contributed by atoms with E-state index in [0.29, 0.717) is 50.9 Å². The van der Waals surface area contributed by atoms with Gasteiger partial charge in [-0.3, -0.25) is 4.79 Å². The second kappa shape index (κ2) is 12.5. The third kappa shape index (κ3) is 7.55. The molecule has 0 atom stereocenters. The Balaban J connectivity index is 1.50. The molecule has 0 heterocycles. The lowest BCUT2D eigenvalue weighted by atomic mass is 10.1. The predicted octanol–water partition coefficient (Wildman–Crippen LogP) is 4.75. The highest BCUT2D eigenvalue weighted by molar-refractivity contribution is 5.96. The van der Waals surface area contributed by atoms with Gasteiger partial charge in [0, 0.05) is 13.2 Å². The second-order valence-corrected chi connectivity index (χ2v) is 7.02. The number of hydrogen-bond donors (Lipinski definition) is 1. The van der Waals surface area contributed by atoms with E-state index in [0.717, 1.165) is 16.7 Å². The molecule has 1 N–H and O–H groups in total. The molecule has 162 valence electrons. The summed E-state index contributed by atoms with van der Waals surface area (Å²) >= 11 is 0. The van der Waals surface area contributed by atoms with Crippen molar-refractivity contribution in [2.24, 2.45) is 0 Å². The van der Waals surface area contributed by atoms with Crippen molar-refractivity contribution in [1.29, 1.82) is 0 Å². The van der Waals surface area contributed by atoms with Crippen molar-refractivity contribution in [1.82, 2.24) is 5.32 Å². The predicted molar refractivity (Wildman–Crippen MR) is 121 cm³/mol. The minimum absolute atomic E-state index is 0.169. The van der Waals surface area contributed by atoms with Gasteiger partial charge in [0.1, 0.15) is 12.4 Å². The first-order chi connectivity index (χ1) is 15.3. The SMILES string of the molecule is CCOCCOc1ccccc1C(=O)NCc1cccc(COCc2ccccc2)c1. The van der Waals surface area contributed by atoms with Gasteiger partial charge in [0.2, 0.25) is 0 Å². The van der Waals surface area contributed by atoms with E-state index in [1.165, 1.54) is 0 Å². The molecular weight excluding hydrogens is 390 g/mol. The summed E-state index contributed by atoms with van der Waals surface area (Å²) in [6, 6.07) is 25.4. The summed E-state index contributed by atoms with van der Waals surface area (Å²) in [5, 5.41) is 2.98. The number of nitrogens with one attached hydrogen (secondary N) is 1. The van der Waals surface area contributed by atoms with Gasteiger partial charge in [0.15, 0.2) is 0 Å². The summed E-state index contributed by atoms with van der Waals surface area (Å²) in [6.45, 7) is 5.00. The maximum absolute atomic E-state index is 12.7. The van der Waals surface area contributed by atoms with E-state index < -0.39 is 0 Å². The van der Waals surface area contributed by atoms with E-state index in [9.17, 15) is 4.79 Å². The molecule has 0 fully saturated rings. The lowest BCUT2D eigenvalue weighted by molar-refractivity contribution is 0.0934. The number of rotatable bonds is 12. The third-order valence-electron chi connectivity index (χ3n) is 4.65. The van der Waals surface area contributed by atoms with E-state index >= 15 is 0 Å². The van der Waals surface area contributed by atoms with Gasteiger partial charge in [0.25, 0.3) is 5.91 Å². The summed E-state index contributed by atoms with van der Waals surface area (Å²) in [5.41, 5.74) is 3.75. The molecule has 5 heteroatoms. The van der Waals surface area contributed by atoms with Crippen LogP contribution >= 0.6 is 0 Å². The van der Waals surface area contributed by atoms with E-state index in [4.69, 9.17) is 14.2 Å². The number of ether oxygens (including phenoxy) is 3. The maximum Gasteiger partial charge on any atom is 0.255 e. The fourth-order valence-corrected chi connectivity index (χ4v) is 3.10. The van der Waals surface area contributed by atoms with E-state index in [-0.39, 0.29) is 5.91 Å². The molecule has 0 saturated heterocycles. The van der Waals surface area contributed by atoms with Crippen LogP contribution in [0.2, 0.25) is 0 Å². The van der Waals surface area contributed by atoms with Crippen molar-refractivity contribution in [3.05, 3.63) is 101 Å². The van der Waals surface area contributed by atoms with Crippen LogP contribution in [-0.2, 0) is 29.2 Å². The molecule has 0 unspecified atom stereocenters. The second-order valence-electron chi connectivity index (χ2n) is 7.02. The minimum atomic E-state index is -0.169. The zero-order valence-corrected chi connectivity index (χ0v) is 17.9. The first-order valence-electron chi connectivity index (χ1n) is 10.5. The molecule has 0 radical (unpaired) electrons. The van der Waals surface area contributed by atoms with Gasteiger partial charge in [0.05, 0.1) is 25.4 Å². The number of carbonyl (C=O) groups excluding carboxylic acids is 1. The minimum Gasteiger partial charge on any atom is -0.490 e. The zero-order valence-electron chi connectivity index (χ0n) is 17.9. The average molecular weight is 420 g/mol. The van der Waals surface area contributed by atoms with E-state index in [1.807, 2.05) is 67.6 Å². The Kier molecular flexibility index (Phi) is 9.10. The molecule has 0 aliphatic carbocycles. The third-order valence-corrected chi connectivity index (χ3v) is 4.65. The number of benzene rings is 3. The van der Waals surface area contributed by atoms with Crippen LogP contribution in [0.25, 0.3) is 0 Å². The summed E-state index contributed by atoms with van der Waals surface area (Å²) in [6.07, 6.45) is 0. The van der Waals surface area contributed by atoms with Crippen LogP contribution in [0.1, 0.15) is 34.0 Å². The van der Waals surface area contributed by atoms with Gasteiger partial charge in [-0.25, -0.2) is 0 Å². The lowest BCUT2D eigenvalue weighted by Crippen LogP contribution is -2.23. The molecular formula is C26H29NO4. The first-order valence-corrected chi connectivity index (χ1v) is 10.5. The largest absolute Gasteiger partial charge is 0.490 e. The smallest absolute Gasteiger partial charge is 0.255 e. The first kappa shape index (κ1) is 22.5. The Labute approximate surface area is 184 Å². The molecule has 0 spiro atoms. The van der Waals surface area contributed by atoms with Crippen molar-refractivity contribution in [3.63, 3.8) is 0 Å². The maximum atomic E-state index is 12.7. The summed E-state index contributed by atoms with van der Waals surface area (Å²) in [7, 11) is 0. The van der Waals surface area contributed by atoms with Crippen molar-refractivity contribution in [3.8, 4) is 5.75 Å². The highest BCUT2D eigenvalue weighted by Crippen LogP contribution is 2.18. The van der Waals surface area contributed by atoms with E-state index in [2.05, 4.69) is 11.4 Å². The van der Waals surface area contributed by atoms with Crippen molar-refractivity contribution >= 4 is 5.91 Å². The topological polar surface area (TPSA) is 56.8 Å². The number of hydrogen-bond acceptors (Lipinski definition) is 4. The summed E-state index contributed by atoms with van der Waals surface area (Å²) in [4.78, 5) is 12.7. The zero-order chi connectivity index (χ0) is 21.7. The molecule has 0 aliphatic rings. The fourth-order valence-electron chi connectivity index (χ4n) is 3.10. The Bertz CT molecular complexity index is 943. The monoisotopic (exact) mass is 419 g/mol. The molecule has 31 heavy (non-hydrogen) atoms. The van der Waals surface area contributed by atoms with Gasteiger partial charge in [-0.05, 0) is 35.7 Å². The Morgan fingerprint density at radius 2 is 1.48 bits per heavy atom. The highest BCUT2D eigenvalue weighted by atomic mass is 16.5.